The number of hydrogen-bond acceptors (Lipinski definition) is 2. The highest BCUT2D eigenvalue weighted by Gasteiger charge is 2.39. The molecule has 1 aliphatic rings. The van der Waals surface area contributed by atoms with E-state index in [0.717, 1.165) is 16.7 Å². The van der Waals surface area contributed by atoms with Gasteiger partial charge in [0.1, 0.15) is 11.9 Å². The standard InChI is InChI=1S/C23H17NO/c24-16-20-21(17-10-4-1-5-11-17)23(19-14-8-3-9-15-19)25-22(20)18-12-6-2-7-13-18/h1-15,21,23H. The van der Waals surface area contributed by atoms with Gasteiger partial charge in [0.05, 0.1) is 17.6 Å². The second kappa shape index (κ2) is 6.67. The van der Waals surface area contributed by atoms with Crippen molar-refractivity contribution in [1.82, 2.24) is 0 Å². The Bertz CT molecular complexity index is 924. The van der Waals surface area contributed by atoms with E-state index >= 15 is 0 Å². The Morgan fingerprint density at radius 1 is 0.680 bits per heavy atom. The van der Waals surface area contributed by atoms with Gasteiger partial charge >= 0.3 is 0 Å². The molecule has 0 saturated carbocycles. The van der Waals surface area contributed by atoms with Crippen LogP contribution in [0.15, 0.2) is 96.6 Å². The van der Waals surface area contributed by atoms with Gasteiger partial charge in [0.15, 0.2) is 0 Å². The molecule has 0 radical (unpaired) electrons. The number of ether oxygens (including phenoxy) is 1. The van der Waals surface area contributed by atoms with Gasteiger partial charge in [0, 0.05) is 5.56 Å². The lowest BCUT2D eigenvalue weighted by Crippen LogP contribution is -2.09. The van der Waals surface area contributed by atoms with Gasteiger partial charge in [-0.2, -0.15) is 5.26 Å². The molecule has 1 aliphatic heterocycles. The minimum absolute atomic E-state index is 0.108. The van der Waals surface area contributed by atoms with Gasteiger partial charge in [-0.25, -0.2) is 0 Å². The average molecular weight is 323 g/mol. The van der Waals surface area contributed by atoms with E-state index in [2.05, 4.69) is 30.3 Å². The number of benzene rings is 3. The highest BCUT2D eigenvalue weighted by atomic mass is 16.5. The summed E-state index contributed by atoms with van der Waals surface area (Å²) in [7, 11) is 0. The number of nitrogens with zero attached hydrogens (tertiary/aromatic N) is 1. The molecule has 25 heavy (non-hydrogen) atoms. The lowest BCUT2D eigenvalue weighted by Gasteiger charge is -2.20. The van der Waals surface area contributed by atoms with Gasteiger partial charge < -0.3 is 4.74 Å². The molecule has 0 fully saturated rings. The predicted octanol–water partition coefficient (Wildman–Crippen LogP) is 5.48. The van der Waals surface area contributed by atoms with Crippen molar-refractivity contribution in [2.24, 2.45) is 0 Å². The second-order valence-electron chi connectivity index (χ2n) is 6.06. The van der Waals surface area contributed by atoms with Crippen LogP contribution in [0.25, 0.3) is 5.76 Å². The zero-order valence-electron chi connectivity index (χ0n) is 13.7. The van der Waals surface area contributed by atoms with Crippen LogP contribution in [0.2, 0.25) is 0 Å². The van der Waals surface area contributed by atoms with Crippen LogP contribution in [-0.2, 0) is 4.74 Å². The monoisotopic (exact) mass is 323 g/mol. The van der Waals surface area contributed by atoms with Crippen LogP contribution >= 0.6 is 0 Å². The molecule has 3 aromatic rings. The summed E-state index contributed by atoms with van der Waals surface area (Å²) in [6.45, 7) is 0. The predicted molar refractivity (Wildman–Crippen MR) is 98.4 cm³/mol. The SMILES string of the molecule is N#CC1=C(c2ccccc2)OC(c2ccccc2)C1c1ccccc1. The zero-order chi connectivity index (χ0) is 17.1. The lowest BCUT2D eigenvalue weighted by atomic mass is 9.84. The molecular weight excluding hydrogens is 306 g/mol. The molecule has 2 atom stereocenters. The summed E-state index contributed by atoms with van der Waals surface area (Å²) >= 11 is 0. The first kappa shape index (κ1) is 15.2. The topological polar surface area (TPSA) is 33.0 Å². The fourth-order valence-electron chi connectivity index (χ4n) is 3.39. The number of nitriles is 1. The molecule has 2 unspecified atom stereocenters. The summed E-state index contributed by atoms with van der Waals surface area (Å²) in [5, 5.41) is 9.91. The van der Waals surface area contributed by atoms with Gasteiger partial charge in [-0.15, -0.1) is 0 Å². The molecule has 2 nitrogen and oxygen atoms in total. The molecular formula is C23H17NO. The van der Waals surface area contributed by atoms with Gasteiger partial charge in [-0.1, -0.05) is 91.0 Å². The summed E-state index contributed by atoms with van der Waals surface area (Å²) in [6.07, 6.45) is -0.201. The Hall–Kier alpha value is -3.31. The fraction of sp³-hybridized carbons (Fsp3) is 0.0870. The minimum Gasteiger partial charge on any atom is -0.483 e. The van der Waals surface area contributed by atoms with Crippen molar-refractivity contribution in [2.75, 3.05) is 0 Å². The van der Waals surface area contributed by atoms with Crippen molar-refractivity contribution in [3.8, 4) is 6.07 Å². The quantitative estimate of drug-likeness (QED) is 0.639. The van der Waals surface area contributed by atoms with E-state index in [-0.39, 0.29) is 12.0 Å². The summed E-state index contributed by atoms with van der Waals surface area (Å²) in [5.41, 5.74) is 3.80. The van der Waals surface area contributed by atoms with E-state index in [1.807, 2.05) is 66.7 Å². The van der Waals surface area contributed by atoms with E-state index in [0.29, 0.717) is 11.3 Å². The Labute approximate surface area is 147 Å². The first-order chi connectivity index (χ1) is 12.4. The Kier molecular flexibility index (Phi) is 4.06. The highest BCUT2D eigenvalue weighted by molar-refractivity contribution is 5.72. The van der Waals surface area contributed by atoms with Crippen molar-refractivity contribution < 1.29 is 4.74 Å². The average Bonchev–Trinajstić information content (AvgIpc) is 3.09. The maximum absolute atomic E-state index is 9.91. The van der Waals surface area contributed by atoms with Crippen LogP contribution in [0.4, 0.5) is 0 Å². The maximum Gasteiger partial charge on any atom is 0.141 e. The van der Waals surface area contributed by atoms with E-state index in [4.69, 9.17) is 4.74 Å². The minimum atomic E-state index is -0.201. The van der Waals surface area contributed by atoms with Gasteiger partial charge in [0.2, 0.25) is 0 Å². The molecule has 0 bridgehead atoms. The molecule has 0 amide bonds. The Morgan fingerprint density at radius 2 is 1.20 bits per heavy atom. The molecule has 1 heterocycles. The molecule has 0 N–H and O–H groups in total. The van der Waals surface area contributed by atoms with Crippen molar-refractivity contribution >= 4 is 5.76 Å². The second-order valence-corrected chi connectivity index (χ2v) is 6.06. The number of rotatable bonds is 3. The molecule has 0 aliphatic carbocycles. The van der Waals surface area contributed by atoms with Gasteiger partial charge in [-0.05, 0) is 11.1 Å². The summed E-state index contributed by atoms with van der Waals surface area (Å²) in [5.74, 6) is 0.578. The van der Waals surface area contributed by atoms with Crippen LogP contribution in [0.3, 0.4) is 0 Å². The first-order valence-corrected chi connectivity index (χ1v) is 8.34. The molecule has 2 heteroatoms. The smallest absolute Gasteiger partial charge is 0.141 e. The van der Waals surface area contributed by atoms with Crippen molar-refractivity contribution in [3.63, 3.8) is 0 Å². The largest absolute Gasteiger partial charge is 0.483 e. The molecule has 3 aromatic carbocycles. The molecule has 0 saturated heterocycles. The van der Waals surface area contributed by atoms with Crippen LogP contribution in [0.1, 0.15) is 28.7 Å². The Balaban J connectivity index is 1.87. The van der Waals surface area contributed by atoms with E-state index in [1.165, 1.54) is 0 Å². The third kappa shape index (κ3) is 2.81. The molecule has 120 valence electrons. The highest BCUT2D eigenvalue weighted by Crippen LogP contribution is 2.49. The number of hydrogen-bond donors (Lipinski definition) is 0. The van der Waals surface area contributed by atoms with Gasteiger partial charge in [-0.3, -0.25) is 0 Å². The third-order valence-corrected chi connectivity index (χ3v) is 4.55. The Morgan fingerprint density at radius 3 is 1.76 bits per heavy atom. The lowest BCUT2D eigenvalue weighted by molar-refractivity contribution is 0.178. The maximum atomic E-state index is 9.91. The summed E-state index contributed by atoms with van der Waals surface area (Å²) in [6, 6.07) is 32.6. The molecule has 0 aromatic heterocycles. The normalized spacial score (nSPS) is 19.3. The summed E-state index contributed by atoms with van der Waals surface area (Å²) in [4.78, 5) is 0. The zero-order valence-corrected chi connectivity index (χ0v) is 13.7. The van der Waals surface area contributed by atoms with E-state index < -0.39 is 0 Å². The van der Waals surface area contributed by atoms with E-state index in [9.17, 15) is 5.26 Å². The van der Waals surface area contributed by atoms with Crippen molar-refractivity contribution in [3.05, 3.63) is 113 Å². The fourth-order valence-corrected chi connectivity index (χ4v) is 3.39. The van der Waals surface area contributed by atoms with Crippen molar-refractivity contribution in [2.45, 2.75) is 12.0 Å². The van der Waals surface area contributed by atoms with Crippen LogP contribution in [-0.4, -0.2) is 0 Å². The van der Waals surface area contributed by atoms with Crippen LogP contribution < -0.4 is 0 Å². The third-order valence-electron chi connectivity index (χ3n) is 4.55. The van der Waals surface area contributed by atoms with E-state index in [1.54, 1.807) is 0 Å². The van der Waals surface area contributed by atoms with Gasteiger partial charge in [0.25, 0.3) is 0 Å². The van der Waals surface area contributed by atoms with Crippen LogP contribution in [0, 0.1) is 11.3 Å². The molecule has 0 spiro atoms. The van der Waals surface area contributed by atoms with Crippen LogP contribution in [0.5, 0.6) is 0 Å². The molecule has 4 rings (SSSR count). The first-order valence-electron chi connectivity index (χ1n) is 8.34. The summed E-state index contributed by atoms with van der Waals surface area (Å²) < 4.78 is 6.36. The van der Waals surface area contributed by atoms with Crippen molar-refractivity contribution in [1.29, 1.82) is 5.26 Å².